The van der Waals surface area contributed by atoms with Crippen LogP contribution in [0, 0.1) is 11.8 Å². The zero-order valence-corrected chi connectivity index (χ0v) is 11.6. The molecule has 1 aromatic heterocycles. The summed E-state index contributed by atoms with van der Waals surface area (Å²) < 4.78 is 4.85. The number of benzene rings is 1. The Hall–Kier alpha value is -2.25. The summed E-state index contributed by atoms with van der Waals surface area (Å²) in [5, 5.41) is 0.400. The van der Waals surface area contributed by atoms with Crippen molar-refractivity contribution in [2.45, 2.75) is 6.92 Å². The standard InChI is InChI=1S/C15H12ClNO3/c1-2-20-15(19)12-9-17-13-6-5-10(4-3-7-16)8-11(13)14(12)18/h5-6,8-9H,2,7H2,1H3,(H,17,18). The Bertz CT molecular complexity index is 768. The summed E-state index contributed by atoms with van der Waals surface area (Å²) >= 11 is 5.50. The molecule has 0 saturated carbocycles. The van der Waals surface area contributed by atoms with Crippen LogP contribution in [-0.4, -0.2) is 23.4 Å². The molecule has 4 nitrogen and oxygen atoms in total. The van der Waals surface area contributed by atoms with E-state index in [-0.39, 0.29) is 23.5 Å². The Morgan fingerprint density at radius 2 is 2.25 bits per heavy atom. The molecule has 0 bridgehead atoms. The van der Waals surface area contributed by atoms with Crippen molar-refractivity contribution >= 4 is 28.5 Å². The molecule has 5 heteroatoms. The normalized spacial score (nSPS) is 9.90. The van der Waals surface area contributed by atoms with Crippen LogP contribution in [-0.2, 0) is 4.74 Å². The first-order valence-corrected chi connectivity index (χ1v) is 6.58. The molecule has 1 heterocycles. The number of aromatic amines is 1. The minimum Gasteiger partial charge on any atom is -0.462 e. The maximum absolute atomic E-state index is 12.3. The number of hydrogen-bond acceptors (Lipinski definition) is 3. The van der Waals surface area contributed by atoms with Gasteiger partial charge in [-0.3, -0.25) is 4.79 Å². The minimum absolute atomic E-state index is 0.0122. The number of hydrogen-bond donors (Lipinski definition) is 1. The van der Waals surface area contributed by atoms with Crippen molar-refractivity contribution in [3.63, 3.8) is 0 Å². The number of halogens is 1. The Morgan fingerprint density at radius 3 is 2.95 bits per heavy atom. The molecule has 2 rings (SSSR count). The molecule has 0 saturated heterocycles. The van der Waals surface area contributed by atoms with Gasteiger partial charge in [-0.1, -0.05) is 11.8 Å². The van der Waals surface area contributed by atoms with Crippen LogP contribution in [0.3, 0.4) is 0 Å². The lowest BCUT2D eigenvalue weighted by atomic mass is 10.1. The van der Waals surface area contributed by atoms with Crippen molar-refractivity contribution in [2.75, 3.05) is 12.5 Å². The van der Waals surface area contributed by atoms with E-state index < -0.39 is 5.97 Å². The van der Waals surface area contributed by atoms with Gasteiger partial charge in [-0.2, -0.15) is 0 Å². The maximum atomic E-state index is 12.3. The molecule has 0 radical (unpaired) electrons. The number of rotatable bonds is 2. The summed E-state index contributed by atoms with van der Waals surface area (Å²) in [4.78, 5) is 26.9. The highest BCUT2D eigenvalue weighted by molar-refractivity contribution is 6.19. The van der Waals surface area contributed by atoms with E-state index in [1.54, 1.807) is 25.1 Å². The van der Waals surface area contributed by atoms with Crippen molar-refractivity contribution in [1.29, 1.82) is 0 Å². The van der Waals surface area contributed by atoms with Gasteiger partial charge in [0.15, 0.2) is 0 Å². The second-order valence-electron chi connectivity index (χ2n) is 3.95. The monoisotopic (exact) mass is 289 g/mol. The van der Waals surface area contributed by atoms with E-state index in [2.05, 4.69) is 16.8 Å². The van der Waals surface area contributed by atoms with Gasteiger partial charge in [0.05, 0.1) is 12.5 Å². The van der Waals surface area contributed by atoms with E-state index in [0.29, 0.717) is 16.5 Å². The summed E-state index contributed by atoms with van der Waals surface area (Å²) in [5.74, 6) is 5.14. The Labute approximate surface area is 120 Å². The highest BCUT2D eigenvalue weighted by Gasteiger charge is 2.13. The first-order valence-electron chi connectivity index (χ1n) is 6.04. The number of aromatic nitrogens is 1. The summed E-state index contributed by atoms with van der Waals surface area (Å²) in [6.45, 7) is 1.91. The molecule has 1 aromatic carbocycles. The molecule has 0 atom stereocenters. The fourth-order valence-corrected chi connectivity index (χ4v) is 1.86. The highest BCUT2D eigenvalue weighted by Crippen LogP contribution is 2.11. The van der Waals surface area contributed by atoms with Crippen LogP contribution in [0.5, 0.6) is 0 Å². The molecule has 102 valence electrons. The van der Waals surface area contributed by atoms with Gasteiger partial charge in [-0.25, -0.2) is 4.79 Å². The predicted octanol–water partition coefficient (Wildman–Crippen LogP) is 2.30. The molecular weight excluding hydrogens is 278 g/mol. The molecule has 20 heavy (non-hydrogen) atoms. The van der Waals surface area contributed by atoms with Gasteiger partial charge in [-0.05, 0) is 25.1 Å². The van der Waals surface area contributed by atoms with Crippen LogP contribution >= 0.6 is 11.6 Å². The van der Waals surface area contributed by atoms with Crippen LogP contribution in [0.25, 0.3) is 10.9 Å². The topological polar surface area (TPSA) is 59.2 Å². The number of carbonyl (C=O) groups is 1. The third-order valence-corrected chi connectivity index (χ3v) is 2.81. The van der Waals surface area contributed by atoms with Gasteiger partial charge >= 0.3 is 5.97 Å². The molecule has 0 aliphatic rings. The van der Waals surface area contributed by atoms with E-state index >= 15 is 0 Å². The lowest BCUT2D eigenvalue weighted by Crippen LogP contribution is -2.18. The zero-order valence-electron chi connectivity index (χ0n) is 10.8. The summed E-state index contributed by atoms with van der Waals surface area (Å²) in [5.41, 5.74) is 0.928. The largest absolute Gasteiger partial charge is 0.462 e. The molecule has 0 aliphatic carbocycles. The Morgan fingerprint density at radius 1 is 1.45 bits per heavy atom. The lowest BCUT2D eigenvalue weighted by molar-refractivity contribution is 0.0524. The zero-order chi connectivity index (χ0) is 14.5. The number of esters is 1. The number of carbonyl (C=O) groups excluding carboxylic acids is 1. The quantitative estimate of drug-likeness (QED) is 0.524. The van der Waals surface area contributed by atoms with Gasteiger partial charge in [0, 0.05) is 22.7 Å². The summed E-state index contributed by atoms with van der Waals surface area (Å²) in [7, 11) is 0. The number of H-pyrrole nitrogens is 1. The van der Waals surface area contributed by atoms with Gasteiger partial charge in [0.25, 0.3) is 0 Å². The van der Waals surface area contributed by atoms with Crippen LogP contribution in [0.1, 0.15) is 22.8 Å². The minimum atomic E-state index is -0.632. The molecule has 1 N–H and O–H groups in total. The Kier molecular flexibility index (Phi) is 4.44. The molecule has 0 spiro atoms. The van der Waals surface area contributed by atoms with Crippen molar-refractivity contribution in [3.05, 3.63) is 45.7 Å². The van der Waals surface area contributed by atoms with E-state index in [4.69, 9.17) is 16.3 Å². The van der Waals surface area contributed by atoms with Gasteiger partial charge in [0.1, 0.15) is 5.56 Å². The SMILES string of the molecule is CCOC(=O)c1c[nH]c2ccc(C#CCCl)cc2c1=O. The highest BCUT2D eigenvalue weighted by atomic mass is 35.5. The number of alkyl halides is 1. The van der Waals surface area contributed by atoms with Crippen LogP contribution < -0.4 is 5.43 Å². The van der Waals surface area contributed by atoms with E-state index in [1.807, 2.05) is 0 Å². The molecular formula is C15H12ClNO3. The van der Waals surface area contributed by atoms with E-state index in [0.717, 1.165) is 0 Å². The summed E-state index contributed by atoms with van der Waals surface area (Å²) in [6.07, 6.45) is 1.37. The van der Waals surface area contributed by atoms with Gasteiger partial charge < -0.3 is 9.72 Å². The number of fused-ring (bicyclic) bond motifs is 1. The molecule has 0 unspecified atom stereocenters. The van der Waals surface area contributed by atoms with Crippen molar-refractivity contribution in [2.24, 2.45) is 0 Å². The average molecular weight is 290 g/mol. The Balaban J connectivity index is 2.58. The van der Waals surface area contributed by atoms with E-state index in [9.17, 15) is 9.59 Å². The summed E-state index contributed by atoms with van der Waals surface area (Å²) in [6, 6.07) is 5.15. The third kappa shape index (κ3) is 2.84. The fourth-order valence-electron chi connectivity index (χ4n) is 1.79. The number of ether oxygens (including phenoxy) is 1. The second-order valence-corrected chi connectivity index (χ2v) is 4.21. The number of pyridine rings is 1. The van der Waals surface area contributed by atoms with Crippen molar-refractivity contribution in [3.8, 4) is 11.8 Å². The van der Waals surface area contributed by atoms with E-state index in [1.165, 1.54) is 6.20 Å². The van der Waals surface area contributed by atoms with Crippen LogP contribution in [0.4, 0.5) is 0 Å². The predicted molar refractivity (Wildman–Crippen MR) is 78.1 cm³/mol. The fraction of sp³-hybridized carbons (Fsp3) is 0.200. The maximum Gasteiger partial charge on any atom is 0.343 e. The lowest BCUT2D eigenvalue weighted by Gasteiger charge is -2.03. The third-order valence-electron chi connectivity index (χ3n) is 2.68. The average Bonchev–Trinajstić information content (AvgIpc) is 2.46. The first-order chi connectivity index (χ1) is 9.67. The smallest absolute Gasteiger partial charge is 0.343 e. The molecule has 0 aliphatic heterocycles. The van der Waals surface area contributed by atoms with Crippen molar-refractivity contribution in [1.82, 2.24) is 4.98 Å². The van der Waals surface area contributed by atoms with Crippen molar-refractivity contribution < 1.29 is 9.53 Å². The molecule has 0 fully saturated rings. The van der Waals surface area contributed by atoms with Gasteiger partial charge in [-0.15, -0.1) is 11.6 Å². The van der Waals surface area contributed by atoms with Crippen LogP contribution in [0.2, 0.25) is 0 Å². The number of nitrogens with one attached hydrogen (secondary N) is 1. The molecule has 2 aromatic rings. The van der Waals surface area contributed by atoms with Gasteiger partial charge in [0.2, 0.25) is 5.43 Å². The second kappa shape index (κ2) is 6.27. The molecule has 0 amide bonds. The van der Waals surface area contributed by atoms with Crippen LogP contribution in [0.15, 0.2) is 29.2 Å². The first kappa shape index (κ1) is 14.2.